The van der Waals surface area contributed by atoms with E-state index in [9.17, 15) is 4.79 Å². The SMILES string of the molecule is C[C@@H]1CC[C@@H](c2nc(Br)co2)CN1C(=O)c1ccccc1-n1nccn1. The Labute approximate surface area is 159 Å². The number of nitrogens with zero attached hydrogens (tertiary/aromatic N) is 5. The van der Waals surface area contributed by atoms with Crippen molar-refractivity contribution in [1.82, 2.24) is 24.9 Å². The molecular weight excluding hydrogens is 398 g/mol. The maximum Gasteiger partial charge on any atom is 0.256 e. The Balaban J connectivity index is 1.63. The Morgan fingerprint density at radius 1 is 1.23 bits per heavy atom. The highest BCUT2D eigenvalue weighted by molar-refractivity contribution is 9.10. The van der Waals surface area contributed by atoms with Crippen molar-refractivity contribution in [3.63, 3.8) is 0 Å². The van der Waals surface area contributed by atoms with Crippen LogP contribution < -0.4 is 0 Å². The van der Waals surface area contributed by atoms with Gasteiger partial charge in [-0.2, -0.15) is 15.0 Å². The Morgan fingerprint density at radius 3 is 2.73 bits per heavy atom. The zero-order chi connectivity index (χ0) is 18.1. The van der Waals surface area contributed by atoms with Crippen LogP contribution >= 0.6 is 15.9 Å². The monoisotopic (exact) mass is 415 g/mol. The molecule has 0 saturated carbocycles. The number of carbonyl (C=O) groups is 1. The maximum atomic E-state index is 13.3. The molecule has 1 aliphatic rings. The summed E-state index contributed by atoms with van der Waals surface area (Å²) < 4.78 is 6.22. The maximum absolute atomic E-state index is 13.3. The van der Waals surface area contributed by atoms with Gasteiger partial charge in [0.2, 0.25) is 0 Å². The molecule has 0 radical (unpaired) electrons. The molecule has 1 aromatic carbocycles. The van der Waals surface area contributed by atoms with E-state index in [0.717, 1.165) is 12.8 Å². The fourth-order valence-corrected chi connectivity index (χ4v) is 3.64. The first-order valence-electron chi connectivity index (χ1n) is 8.51. The van der Waals surface area contributed by atoms with E-state index >= 15 is 0 Å². The molecule has 1 amide bonds. The first-order valence-corrected chi connectivity index (χ1v) is 9.30. The van der Waals surface area contributed by atoms with E-state index < -0.39 is 0 Å². The van der Waals surface area contributed by atoms with Crippen molar-refractivity contribution in [3.05, 3.63) is 59.0 Å². The number of carbonyl (C=O) groups excluding carboxylic acids is 1. The highest BCUT2D eigenvalue weighted by Gasteiger charge is 2.33. The molecule has 4 rings (SSSR count). The third kappa shape index (κ3) is 3.16. The minimum Gasteiger partial charge on any atom is -0.447 e. The fraction of sp³-hybridized carbons (Fsp3) is 0.333. The standard InChI is InChI=1S/C18H18BrN5O2/c1-12-6-7-13(17-22-16(19)11-26-17)10-23(12)18(25)14-4-2-3-5-15(14)24-20-8-9-21-24/h2-5,8-9,11-13H,6-7,10H2,1H3/t12-,13-/m1/s1. The van der Waals surface area contributed by atoms with Gasteiger partial charge >= 0.3 is 0 Å². The quantitative estimate of drug-likeness (QED) is 0.654. The second-order valence-electron chi connectivity index (χ2n) is 6.42. The van der Waals surface area contributed by atoms with Crippen molar-refractivity contribution in [2.75, 3.05) is 6.54 Å². The summed E-state index contributed by atoms with van der Waals surface area (Å²) in [6, 6.07) is 7.55. The molecule has 0 spiro atoms. The Bertz CT molecular complexity index is 908. The smallest absolute Gasteiger partial charge is 0.256 e. The van der Waals surface area contributed by atoms with Crippen LogP contribution in [0, 0.1) is 0 Å². The van der Waals surface area contributed by atoms with Crippen molar-refractivity contribution < 1.29 is 9.21 Å². The van der Waals surface area contributed by atoms with Crippen LogP contribution in [0.4, 0.5) is 0 Å². The van der Waals surface area contributed by atoms with Gasteiger partial charge in [0.1, 0.15) is 10.9 Å². The molecule has 1 saturated heterocycles. The normalized spacial score (nSPS) is 20.3. The molecule has 2 aromatic heterocycles. The van der Waals surface area contributed by atoms with Gasteiger partial charge in [0, 0.05) is 12.6 Å². The molecule has 2 atom stereocenters. The molecule has 26 heavy (non-hydrogen) atoms. The molecule has 0 N–H and O–H groups in total. The number of aromatic nitrogens is 4. The number of piperidine rings is 1. The average molecular weight is 416 g/mol. The number of hydrogen-bond acceptors (Lipinski definition) is 5. The lowest BCUT2D eigenvalue weighted by atomic mass is 9.92. The Kier molecular flexibility index (Phi) is 4.58. The summed E-state index contributed by atoms with van der Waals surface area (Å²) in [6.07, 6.45) is 6.62. The number of amides is 1. The fourth-order valence-electron chi connectivity index (χ4n) is 3.37. The van der Waals surface area contributed by atoms with E-state index in [4.69, 9.17) is 4.42 Å². The summed E-state index contributed by atoms with van der Waals surface area (Å²) in [4.78, 5) is 21.1. The summed E-state index contributed by atoms with van der Waals surface area (Å²) in [5.41, 5.74) is 1.26. The number of para-hydroxylation sites is 1. The van der Waals surface area contributed by atoms with Gasteiger partial charge < -0.3 is 9.32 Å². The second-order valence-corrected chi connectivity index (χ2v) is 7.24. The lowest BCUT2D eigenvalue weighted by molar-refractivity contribution is 0.0596. The number of rotatable bonds is 3. The van der Waals surface area contributed by atoms with Crippen LogP contribution in [0.3, 0.4) is 0 Å². The van der Waals surface area contributed by atoms with Crippen molar-refractivity contribution in [3.8, 4) is 5.69 Å². The van der Waals surface area contributed by atoms with E-state index in [1.807, 2.05) is 29.2 Å². The van der Waals surface area contributed by atoms with Crippen LogP contribution in [0.1, 0.15) is 41.9 Å². The van der Waals surface area contributed by atoms with E-state index in [2.05, 4.69) is 38.0 Å². The number of hydrogen-bond donors (Lipinski definition) is 0. The molecule has 0 bridgehead atoms. The van der Waals surface area contributed by atoms with Crippen LogP contribution in [-0.4, -0.2) is 43.4 Å². The highest BCUT2D eigenvalue weighted by atomic mass is 79.9. The minimum atomic E-state index is -0.0271. The van der Waals surface area contributed by atoms with Crippen LogP contribution in [0.25, 0.3) is 5.69 Å². The third-order valence-corrected chi connectivity index (χ3v) is 5.12. The lowest BCUT2D eigenvalue weighted by Crippen LogP contribution is -2.45. The molecule has 8 heteroatoms. The predicted molar refractivity (Wildman–Crippen MR) is 98.0 cm³/mol. The van der Waals surface area contributed by atoms with Crippen molar-refractivity contribution in [2.24, 2.45) is 0 Å². The van der Waals surface area contributed by atoms with Crippen molar-refractivity contribution in [1.29, 1.82) is 0 Å². The molecule has 134 valence electrons. The van der Waals surface area contributed by atoms with Gasteiger partial charge in [-0.25, -0.2) is 4.98 Å². The molecular formula is C18H18BrN5O2. The highest BCUT2D eigenvalue weighted by Crippen LogP contribution is 2.31. The lowest BCUT2D eigenvalue weighted by Gasteiger charge is -2.37. The van der Waals surface area contributed by atoms with Gasteiger partial charge in [0.15, 0.2) is 5.89 Å². The molecule has 3 aromatic rings. The largest absolute Gasteiger partial charge is 0.447 e. The van der Waals surface area contributed by atoms with Gasteiger partial charge in [0.25, 0.3) is 5.91 Å². The first-order chi connectivity index (χ1) is 12.6. The topological polar surface area (TPSA) is 77.0 Å². The number of oxazole rings is 1. The van der Waals surface area contributed by atoms with Crippen LogP contribution in [0.5, 0.6) is 0 Å². The van der Waals surface area contributed by atoms with Crippen molar-refractivity contribution in [2.45, 2.75) is 31.7 Å². The van der Waals surface area contributed by atoms with Gasteiger partial charge in [-0.3, -0.25) is 4.79 Å². The molecule has 1 fully saturated rings. The van der Waals surface area contributed by atoms with E-state index in [-0.39, 0.29) is 17.9 Å². The van der Waals surface area contributed by atoms with E-state index in [1.165, 1.54) is 4.80 Å². The summed E-state index contributed by atoms with van der Waals surface area (Å²) >= 11 is 3.32. The summed E-state index contributed by atoms with van der Waals surface area (Å²) in [5, 5.41) is 8.33. The number of likely N-dealkylation sites (tertiary alicyclic amines) is 1. The molecule has 0 aliphatic carbocycles. The first kappa shape index (κ1) is 17.0. The molecule has 1 aliphatic heterocycles. The summed E-state index contributed by atoms with van der Waals surface area (Å²) in [7, 11) is 0. The summed E-state index contributed by atoms with van der Waals surface area (Å²) in [5.74, 6) is 0.737. The van der Waals surface area contributed by atoms with Crippen LogP contribution in [0.15, 0.2) is 51.9 Å². The zero-order valence-electron chi connectivity index (χ0n) is 14.2. The van der Waals surface area contributed by atoms with Gasteiger partial charge in [0.05, 0.1) is 29.6 Å². The van der Waals surface area contributed by atoms with Crippen molar-refractivity contribution >= 4 is 21.8 Å². The number of benzene rings is 1. The zero-order valence-corrected chi connectivity index (χ0v) is 15.8. The van der Waals surface area contributed by atoms with E-state index in [1.54, 1.807) is 18.7 Å². The second kappa shape index (κ2) is 7.03. The Morgan fingerprint density at radius 2 is 2.00 bits per heavy atom. The molecule has 0 unspecified atom stereocenters. The summed E-state index contributed by atoms with van der Waals surface area (Å²) in [6.45, 7) is 2.65. The number of halogens is 1. The average Bonchev–Trinajstić information content (AvgIpc) is 3.33. The molecule has 3 heterocycles. The molecule has 7 nitrogen and oxygen atoms in total. The predicted octanol–water partition coefficient (Wildman–Crippen LogP) is 3.43. The third-order valence-electron chi connectivity index (χ3n) is 4.75. The van der Waals surface area contributed by atoms with E-state index in [0.29, 0.717) is 28.3 Å². The van der Waals surface area contributed by atoms with Crippen LogP contribution in [0.2, 0.25) is 0 Å². The minimum absolute atomic E-state index is 0.0271. The van der Waals surface area contributed by atoms with Gasteiger partial charge in [-0.15, -0.1) is 0 Å². The van der Waals surface area contributed by atoms with Crippen LogP contribution in [-0.2, 0) is 0 Å². The Hall–Kier alpha value is -2.48. The van der Waals surface area contributed by atoms with Gasteiger partial charge in [-0.1, -0.05) is 12.1 Å². The van der Waals surface area contributed by atoms with Gasteiger partial charge in [-0.05, 0) is 47.8 Å².